The van der Waals surface area contributed by atoms with E-state index in [0.717, 1.165) is 38.4 Å². The third-order valence-corrected chi connectivity index (χ3v) is 4.33. The van der Waals surface area contributed by atoms with Crippen LogP contribution in [0.1, 0.15) is 42.5 Å². The fraction of sp³-hybridized carbons (Fsp3) is 0.647. The van der Waals surface area contributed by atoms with Crippen LogP contribution in [0.25, 0.3) is 0 Å². The fourth-order valence-corrected chi connectivity index (χ4v) is 2.94. The zero-order chi connectivity index (χ0) is 16.2. The number of nitrogens with one attached hydrogen (secondary N) is 1. The molecule has 124 valence electrons. The molecule has 0 saturated heterocycles. The van der Waals surface area contributed by atoms with Gasteiger partial charge in [-0.2, -0.15) is 0 Å². The number of hydrogen-bond acceptors (Lipinski definition) is 3. The second-order valence-electron chi connectivity index (χ2n) is 5.41. The van der Waals surface area contributed by atoms with Gasteiger partial charge in [0.2, 0.25) is 0 Å². The minimum atomic E-state index is 0.788. The Labute approximate surface area is 139 Å². The van der Waals surface area contributed by atoms with Gasteiger partial charge in [-0.15, -0.1) is 17.9 Å². The minimum Gasteiger partial charge on any atom is -0.357 e. The van der Waals surface area contributed by atoms with Crippen molar-refractivity contribution >= 4 is 17.3 Å². The van der Waals surface area contributed by atoms with Crippen molar-refractivity contribution < 1.29 is 0 Å². The molecule has 0 spiro atoms. The minimum absolute atomic E-state index is 0.788. The van der Waals surface area contributed by atoms with Gasteiger partial charge >= 0.3 is 0 Å². The lowest BCUT2D eigenvalue weighted by molar-refractivity contribution is 0.455. The molecule has 0 radical (unpaired) electrons. The Morgan fingerprint density at radius 1 is 1.45 bits per heavy atom. The Morgan fingerprint density at radius 3 is 2.91 bits per heavy atom. The molecule has 0 amide bonds. The lowest BCUT2D eigenvalue weighted by atomic mass is 10.2. The summed E-state index contributed by atoms with van der Waals surface area (Å²) in [5.41, 5.74) is 0. The Hall–Kier alpha value is -1.36. The molecule has 4 nitrogen and oxygen atoms in total. The summed E-state index contributed by atoms with van der Waals surface area (Å²) in [4.78, 5) is 12.6. The van der Waals surface area contributed by atoms with Crippen molar-refractivity contribution in [3.8, 4) is 0 Å². The van der Waals surface area contributed by atoms with Gasteiger partial charge in [-0.05, 0) is 33.1 Å². The smallest absolute Gasteiger partial charge is 0.193 e. The summed E-state index contributed by atoms with van der Waals surface area (Å²) in [5, 5.41) is 4.54. The summed E-state index contributed by atoms with van der Waals surface area (Å²) in [6.45, 7) is 10.7. The first kappa shape index (κ1) is 18.7. The molecule has 0 bridgehead atoms. The summed E-state index contributed by atoms with van der Waals surface area (Å²) in [6.07, 6.45) is 9.63. The molecule has 0 aliphatic rings. The first-order valence-corrected chi connectivity index (χ1v) is 9.00. The van der Waals surface area contributed by atoms with Gasteiger partial charge in [0.05, 0.1) is 5.01 Å². The summed E-state index contributed by atoms with van der Waals surface area (Å²) in [6, 6.07) is 0. The number of unbranched alkanes of at least 4 members (excludes halogenated alkanes) is 3. The van der Waals surface area contributed by atoms with Crippen LogP contribution in [0.4, 0.5) is 0 Å². The predicted octanol–water partition coefficient (Wildman–Crippen LogP) is 3.64. The molecule has 1 heterocycles. The zero-order valence-electron chi connectivity index (χ0n) is 14.3. The topological polar surface area (TPSA) is 40.5 Å². The van der Waals surface area contributed by atoms with Crippen LogP contribution in [0.2, 0.25) is 0 Å². The predicted molar refractivity (Wildman–Crippen MR) is 97.8 cm³/mol. The highest BCUT2D eigenvalue weighted by atomic mass is 32.1. The number of nitrogens with zero attached hydrogens (tertiary/aromatic N) is 3. The van der Waals surface area contributed by atoms with Gasteiger partial charge in [-0.1, -0.05) is 12.5 Å². The average Bonchev–Trinajstić information content (AvgIpc) is 2.91. The first-order chi connectivity index (χ1) is 10.7. The quantitative estimate of drug-likeness (QED) is 0.309. The molecule has 0 saturated carbocycles. The van der Waals surface area contributed by atoms with E-state index in [1.54, 1.807) is 11.3 Å². The standard InChI is InChI=1S/C17H30N4S/c1-5-7-8-9-10-13-21(4)17(18-6-2)19-12-11-16-20-14-15(3)22-16/h5,14H,1,6-13H2,2-4H3,(H,18,19). The van der Waals surface area contributed by atoms with Crippen molar-refractivity contribution in [2.45, 2.75) is 46.0 Å². The maximum Gasteiger partial charge on any atom is 0.193 e. The molecule has 0 atom stereocenters. The largest absolute Gasteiger partial charge is 0.357 e. The van der Waals surface area contributed by atoms with Crippen LogP contribution >= 0.6 is 11.3 Å². The number of thiazole rings is 1. The van der Waals surface area contributed by atoms with Crippen LogP contribution in [0.15, 0.2) is 23.8 Å². The third kappa shape index (κ3) is 7.59. The second-order valence-corrected chi connectivity index (χ2v) is 6.73. The molecule has 0 fully saturated rings. The lowest BCUT2D eigenvalue weighted by Crippen LogP contribution is -2.39. The van der Waals surface area contributed by atoms with E-state index in [4.69, 9.17) is 4.99 Å². The molecule has 1 aromatic heterocycles. The maximum absolute atomic E-state index is 4.71. The van der Waals surface area contributed by atoms with E-state index in [1.807, 2.05) is 12.3 Å². The SMILES string of the molecule is C=CCCCCCN(C)C(=NCCc1ncc(C)s1)NCC. The summed E-state index contributed by atoms with van der Waals surface area (Å²) >= 11 is 1.76. The number of aromatic nitrogens is 1. The van der Waals surface area contributed by atoms with E-state index < -0.39 is 0 Å². The van der Waals surface area contributed by atoms with Crippen LogP contribution in [0.5, 0.6) is 0 Å². The van der Waals surface area contributed by atoms with Crippen LogP contribution in [-0.4, -0.2) is 42.5 Å². The van der Waals surface area contributed by atoms with E-state index in [0.29, 0.717) is 0 Å². The van der Waals surface area contributed by atoms with E-state index in [9.17, 15) is 0 Å². The fourth-order valence-electron chi connectivity index (χ4n) is 2.16. The number of rotatable bonds is 10. The van der Waals surface area contributed by atoms with Crippen molar-refractivity contribution in [2.75, 3.05) is 26.7 Å². The summed E-state index contributed by atoms with van der Waals surface area (Å²) in [5.74, 6) is 1.000. The molecule has 22 heavy (non-hydrogen) atoms. The Bertz CT molecular complexity index is 453. The van der Waals surface area contributed by atoms with Crippen molar-refractivity contribution in [1.29, 1.82) is 0 Å². The molecule has 0 aromatic carbocycles. The van der Waals surface area contributed by atoms with Crippen molar-refractivity contribution in [1.82, 2.24) is 15.2 Å². The number of aryl methyl sites for hydroxylation is 1. The highest BCUT2D eigenvalue weighted by Crippen LogP contribution is 2.11. The van der Waals surface area contributed by atoms with Gasteiger partial charge in [0.15, 0.2) is 5.96 Å². The number of aliphatic imine (C=N–C) groups is 1. The molecule has 1 aromatic rings. The monoisotopic (exact) mass is 322 g/mol. The Morgan fingerprint density at radius 2 is 2.27 bits per heavy atom. The van der Waals surface area contributed by atoms with Gasteiger partial charge in [0.1, 0.15) is 0 Å². The van der Waals surface area contributed by atoms with Crippen molar-refractivity contribution in [2.24, 2.45) is 4.99 Å². The first-order valence-electron chi connectivity index (χ1n) is 8.19. The van der Waals surface area contributed by atoms with Gasteiger partial charge in [0, 0.05) is 44.2 Å². The Balaban J connectivity index is 2.37. The Kier molecular flexibility index (Phi) is 9.55. The summed E-state index contributed by atoms with van der Waals surface area (Å²) in [7, 11) is 2.11. The third-order valence-electron chi connectivity index (χ3n) is 3.35. The van der Waals surface area contributed by atoms with Crippen LogP contribution < -0.4 is 5.32 Å². The molecule has 5 heteroatoms. The van der Waals surface area contributed by atoms with Gasteiger partial charge in [-0.25, -0.2) is 4.98 Å². The molecule has 0 aliphatic heterocycles. The molecule has 1 rings (SSSR count). The van der Waals surface area contributed by atoms with Crippen LogP contribution in [-0.2, 0) is 6.42 Å². The van der Waals surface area contributed by atoms with Crippen molar-refractivity contribution in [3.05, 3.63) is 28.7 Å². The highest BCUT2D eigenvalue weighted by Gasteiger charge is 2.05. The molecule has 0 unspecified atom stereocenters. The van der Waals surface area contributed by atoms with Gasteiger partial charge < -0.3 is 10.2 Å². The maximum atomic E-state index is 4.71. The van der Waals surface area contributed by atoms with Crippen molar-refractivity contribution in [3.63, 3.8) is 0 Å². The molecular weight excluding hydrogens is 292 g/mol. The van der Waals surface area contributed by atoms with Gasteiger partial charge in [-0.3, -0.25) is 4.99 Å². The molecule has 0 aliphatic carbocycles. The number of allylic oxidation sites excluding steroid dienone is 1. The van der Waals surface area contributed by atoms with E-state index in [2.05, 4.69) is 42.7 Å². The number of hydrogen-bond donors (Lipinski definition) is 1. The second kappa shape index (κ2) is 11.2. The lowest BCUT2D eigenvalue weighted by Gasteiger charge is -2.22. The van der Waals surface area contributed by atoms with E-state index >= 15 is 0 Å². The van der Waals surface area contributed by atoms with Crippen LogP contribution in [0, 0.1) is 6.92 Å². The molecule has 1 N–H and O–H groups in total. The molecular formula is C17H30N4S. The van der Waals surface area contributed by atoms with Gasteiger partial charge in [0.25, 0.3) is 0 Å². The average molecular weight is 323 g/mol. The normalized spacial score (nSPS) is 11.5. The zero-order valence-corrected chi connectivity index (χ0v) is 15.1. The number of guanidine groups is 1. The highest BCUT2D eigenvalue weighted by molar-refractivity contribution is 7.11. The van der Waals surface area contributed by atoms with Crippen LogP contribution in [0.3, 0.4) is 0 Å². The van der Waals surface area contributed by atoms with E-state index in [1.165, 1.54) is 29.1 Å². The van der Waals surface area contributed by atoms with E-state index in [-0.39, 0.29) is 0 Å². The summed E-state index contributed by atoms with van der Waals surface area (Å²) < 4.78 is 0.